The number of para-hydroxylation sites is 1. The molecule has 1 heterocycles. The second-order valence-corrected chi connectivity index (χ2v) is 4.38. The Morgan fingerprint density at radius 2 is 2.33 bits per heavy atom. The van der Waals surface area contributed by atoms with Crippen LogP contribution in [0.25, 0.3) is 11.0 Å². The number of rotatable bonds is 5. The number of aromatic amines is 1. The Kier molecular flexibility index (Phi) is 4.17. The van der Waals surface area contributed by atoms with Crippen LogP contribution >= 0.6 is 11.6 Å². The first-order valence-electron chi connectivity index (χ1n) is 5.79. The number of anilines is 1. The molecular formula is C12H15ClN4O. The van der Waals surface area contributed by atoms with Crippen LogP contribution in [-0.4, -0.2) is 29.5 Å². The van der Waals surface area contributed by atoms with E-state index >= 15 is 0 Å². The Morgan fingerprint density at radius 3 is 3.06 bits per heavy atom. The molecule has 1 aromatic heterocycles. The summed E-state index contributed by atoms with van der Waals surface area (Å²) in [5, 5.41) is 6.29. The summed E-state index contributed by atoms with van der Waals surface area (Å²) in [6, 6.07) is 5.47. The van der Waals surface area contributed by atoms with Crippen molar-refractivity contribution < 1.29 is 4.79 Å². The number of halogens is 1. The van der Waals surface area contributed by atoms with Crippen molar-refractivity contribution in [3.05, 3.63) is 23.2 Å². The molecule has 0 saturated carbocycles. The first kappa shape index (κ1) is 12.9. The fraction of sp³-hybridized carbons (Fsp3) is 0.333. The molecule has 0 saturated heterocycles. The lowest BCUT2D eigenvalue weighted by molar-refractivity contribution is -0.116. The summed E-state index contributed by atoms with van der Waals surface area (Å²) < 4.78 is 0. The lowest BCUT2D eigenvalue weighted by Gasteiger charge is -2.00. The third kappa shape index (κ3) is 3.00. The van der Waals surface area contributed by atoms with E-state index in [1.54, 1.807) is 6.07 Å². The fourth-order valence-electron chi connectivity index (χ4n) is 1.68. The number of carbonyl (C=O) groups excluding carboxylic acids is 1. The smallest absolute Gasteiger partial charge is 0.226 e. The highest BCUT2D eigenvalue weighted by Gasteiger charge is 2.08. The molecule has 2 aromatic rings. The number of amides is 1. The van der Waals surface area contributed by atoms with Gasteiger partial charge in [-0.2, -0.15) is 0 Å². The Labute approximate surface area is 110 Å². The van der Waals surface area contributed by atoms with Gasteiger partial charge < -0.3 is 10.3 Å². The third-order valence-electron chi connectivity index (χ3n) is 2.55. The van der Waals surface area contributed by atoms with Crippen LogP contribution in [0.4, 0.5) is 5.95 Å². The molecule has 1 amide bonds. The predicted octanol–water partition coefficient (Wildman–Crippen LogP) is 2.15. The largest absolute Gasteiger partial charge is 0.324 e. The summed E-state index contributed by atoms with van der Waals surface area (Å²) in [5.41, 5.74) is 1.48. The summed E-state index contributed by atoms with van der Waals surface area (Å²) in [6.07, 6.45) is 1.26. The van der Waals surface area contributed by atoms with Gasteiger partial charge in [-0.05, 0) is 32.1 Å². The van der Waals surface area contributed by atoms with Crippen molar-refractivity contribution in [3.63, 3.8) is 0 Å². The number of nitrogens with one attached hydrogen (secondary N) is 3. The zero-order valence-electron chi connectivity index (χ0n) is 10.1. The highest BCUT2D eigenvalue weighted by Crippen LogP contribution is 2.22. The highest BCUT2D eigenvalue weighted by atomic mass is 35.5. The van der Waals surface area contributed by atoms with E-state index in [0.717, 1.165) is 18.5 Å². The lowest BCUT2D eigenvalue weighted by Crippen LogP contribution is -2.15. The topological polar surface area (TPSA) is 69.8 Å². The number of benzene rings is 1. The van der Waals surface area contributed by atoms with Gasteiger partial charge in [0, 0.05) is 6.42 Å². The maximum Gasteiger partial charge on any atom is 0.226 e. The number of fused-ring (bicyclic) bond motifs is 1. The molecular weight excluding hydrogens is 252 g/mol. The number of imidazole rings is 1. The average Bonchev–Trinajstić information content (AvgIpc) is 2.73. The van der Waals surface area contributed by atoms with Crippen LogP contribution in [0.1, 0.15) is 12.8 Å². The van der Waals surface area contributed by atoms with Crippen LogP contribution in [0.5, 0.6) is 0 Å². The van der Waals surface area contributed by atoms with Crippen molar-refractivity contribution in [1.82, 2.24) is 15.3 Å². The standard InChI is InChI=1S/C12H15ClN4O/c1-14-7-3-6-10(18)16-12-15-9-5-2-4-8(13)11(9)17-12/h2,4-5,14H,3,6-7H2,1H3,(H2,15,16,17,18). The Morgan fingerprint density at radius 1 is 1.50 bits per heavy atom. The molecule has 0 aliphatic rings. The van der Waals surface area contributed by atoms with Crippen molar-refractivity contribution in [1.29, 1.82) is 0 Å². The molecule has 96 valence electrons. The first-order valence-corrected chi connectivity index (χ1v) is 6.17. The predicted molar refractivity (Wildman–Crippen MR) is 72.9 cm³/mol. The summed E-state index contributed by atoms with van der Waals surface area (Å²) in [7, 11) is 1.86. The molecule has 0 fully saturated rings. The maximum absolute atomic E-state index is 11.6. The fourth-order valence-corrected chi connectivity index (χ4v) is 1.89. The van der Waals surface area contributed by atoms with E-state index in [4.69, 9.17) is 11.6 Å². The molecule has 0 spiro atoms. The molecule has 3 N–H and O–H groups in total. The van der Waals surface area contributed by atoms with Gasteiger partial charge in [-0.15, -0.1) is 0 Å². The molecule has 18 heavy (non-hydrogen) atoms. The number of H-pyrrole nitrogens is 1. The van der Waals surface area contributed by atoms with Crippen molar-refractivity contribution in [2.45, 2.75) is 12.8 Å². The SMILES string of the molecule is CNCCCC(=O)Nc1nc2c(Cl)cccc2[nH]1. The Hall–Kier alpha value is -1.59. The van der Waals surface area contributed by atoms with Crippen LogP contribution in [-0.2, 0) is 4.79 Å². The van der Waals surface area contributed by atoms with Crippen LogP contribution in [0.3, 0.4) is 0 Å². The van der Waals surface area contributed by atoms with Crippen LogP contribution in [0.15, 0.2) is 18.2 Å². The minimum atomic E-state index is -0.0552. The number of hydrogen-bond donors (Lipinski definition) is 3. The van der Waals surface area contributed by atoms with E-state index in [9.17, 15) is 4.79 Å². The van der Waals surface area contributed by atoms with Crippen molar-refractivity contribution in [2.75, 3.05) is 18.9 Å². The van der Waals surface area contributed by atoms with Gasteiger partial charge in [0.15, 0.2) is 0 Å². The summed E-state index contributed by atoms with van der Waals surface area (Å²) in [5.74, 6) is 0.382. The van der Waals surface area contributed by atoms with E-state index in [-0.39, 0.29) is 5.91 Å². The molecule has 0 aliphatic heterocycles. The van der Waals surface area contributed by atoms with Gasteiger partial charge in [0.05, 0.1) is 10.5 Å². The van der Waals surface area contributed by atoms with E-state index < -0.39 is 0 Å². The van der Waals surface area contributed by atoms with E-state index in [1.807, 2.05) is 19.2 Å². The second-order valence-electron chi connectivity index (χ2n) is 3.98. The molecule has 1 aromatic carbocycles. The molecule has 0 bridgehead atoms. The number of hydrogen-bond acceptors (Lipinski definition) is 3. The molecule has 6 heteroatoms. The number of carbonyl (C=O) groups is 1. The lowest BCUT2D eigenvalue weighted by atomic mass is 10.3. The van der Waals surface area contributed by atoms with Gasteiger partial charge in [0.25, 0.3) is 0 Å². The molecule has 2 rings (SSSR count). The summed E-state index contributed by atoms with van der Waals surface area (Å²) in [6.45, 7) is 0.819. The number of aromatic nitrogens is 2. The van der Waals surface area contributed by atoms with E-state index in [2.05, 4.69) is 20.6 Å². The molecule has 0 radical (unpaired) electrons. The van der Waals surface area contributed by atoms with Crippen molar-refractivity contribution >= 4 is 34.5 Å². The van der Waals surface area contributed by atoms with Gasteiger partial charge in [-0.25, -0.2) is 4.98 Å². The zero-order chi connectivity index (χ0) is 13.0. The maximum atomic E-state index is 11.6. The molecule has 0 unspecified atom stereocenters. The minimum Gasteiger partial charge on any atom is -0.324 e. The van der Waals surface area contributed by atoms with Crippen molar-refractivity contribution in [3.8, 4) is 0 Å². The molecule has 5 nitrogen and oxygen atoms in total. The Balaban J connectivity index is 2.03. The third-order valence-corrected chi connectivity index (χ3v) is 2.86. The first-order chi connectivity index (χ1) is 8.70. The van der Waals surface area contributed by atoms with Crippen molar-refractivity contribution in [2.24, 2.45) is 0 Å². The molecule has 0 aliphatic carbocycles. The van der Waals surface area contributed by atoms with E-state index in [0.29, 0.717) is 22.9 Å². The Bertz CT molecular complexity index is 552. The van der Waals surface area contributed by atoms with Crippen LogP contribution < -0.4 is 10.6 Å². The van der Waals surface area contributed by atoms with Crippen LogP contribution in [0.2, 0.25) is 5.02 Å². The second kappa shape index (κ2) is 5.84. The zero-order valence-corrected chi connectivity index (χ0v) is 10.8. The van der Waals surface area contributed by atoms with Gasteiger partial charge in [-0.1, -0.05) is 17.7 Å². The van der Waals surface area contributed by atoms with Gasteiger partial charge >= 0.3 is 0 Å². The highest BCUT2D eigenvalue weighted by molar-refractivity contribution is 6.35. The monoisotopic (exact) mass is 266 g/mol. The minimum absolute atomic E-state index is 0.0552. The van der Waals surface area contributed by atoms with Gasteiger partial charge in [0.1, 0.15) is 5.52 Å². The quantitative estimate of drug-likeness (QED) is 0.727. The van der Waals surface area contributed by atoms with Crippen LogP contribution in [0, 0.1) is 0 Å². The summed E-state index contributed by atoms with van der Waals surface area (Å²) >= 11 is 6.01. The normalized spacial score (nSPS) is 10.8. The van der Waals surface area contributed by atoms with Gasteiger partial charge in [0.2, 0.25) is 11.9 Å². The van der Waals surface area contributed by atoms with E-state index in [1.165, 1.54) is 0 Å². The van der Waals surface area contributed by atoms with Gasteiger partial charge in [-0.3, -0.25) is 10.1 Å². The summed E-state index contributed by atoms with van der Waals surface area (Å²) in [4.78, 5) is 18.9. The average molecular weight is 267 g/mol. The number of nitrogens with zero attached hydrogens (tertiary/aromatic N) is 1. The molecule has 0 atom stereocenters.